The van der Waals surface area contributed by atoms with Gasteiger partial charge in [-0.05, 0) is 44.3 Å². The lowest BCUT2D eigenvalue weighted by molar-refractivity contribution is -0.122. The maximum atomic E-state index is 13.7. The number of likely N-dealkylation sites (N-methyl/N-ethyl adjacent to an activating group) is 1. The van der Waals surface area contributed by atoms with Crippen LogP contribution in [0.4, 0.5) is 15.8 Å². The third kappa shape index (κ3) is 5.67. The van der Waals surface area contributed by atoms with Crippen LogP contribution in [0.2, 0.25) is 5.02 Å². The first kappa shape index (κ1) is 20.7. The van der Waals surface area contributed by atoms with Crippen molar-refractivity contribution < 1.29 is 18.7 Å². The van der Waals surface area contributed by atoms with Crippen molar-refractivity contribution in [2.75, 3.05) is 31.3 Å². The van der Waals surface area contributed by atoms with Gasteiger partial charge in [0.2, 0.25) is 11.8 Å². The Morgan fingerprint density at radius 1 is 1.19 bits per heavy atom. The maximum absolute atomic E-state index is 13.7. The van der Waals surface area contributed by atoms with Crippen molar-refractivity contribution in [3.63, 3.8) is 0 Å². The molecule has 0 heterocycles. The van der Waals surface area contributed by atoms with E-state index < -0.39 is 17.8 Å². The molecule has 0 unspecified atom stereocenters. The Kier molecular flexibility index (Phi) is 7.15. The van der Waals surface area contributed by atoms with Crippen LogP contribution < -0.4 is 15.4 Å². The number of anilines is 2. The third-order valence-corrected chi connectivity index (χ3v) is 4.24. The van der Waals surface area contributed by atoms with Crippen LogP contribution in [0, 0.1) is 5.82 Å². The molecule has 2 amide bonds. The molecule has 2 aromatic rings. The molecule has 0 aromatic heterocycles. The zero-order valence-electron chi connectivity index (χ0n) is 15.3. The van der Waals surface area contributed by atoms with Gasteiger partial charge >= 0.3 is 0 Å². The minimum atomic E-state index is -0.656. The molecule has 0 aliphatic rings. The first-order valence-electron chi connectivity index (χ1n) is 8.21. The van der Waals surface area contributed by atoms with Crippen LogP contribution in [0.3, 0.4) is 0 Å². The number of hydrogen-bond donors (Lipinski definition) is 2. The predicted octanol–water partition coefficient (Wildman–Crippen LogP) is 3.39. The van der Waals surface area contributed by atoms with Crippen molar-refractivity contribution in [1.82, 2.24) is 4.90 Å². The largest absolute Gasteiger partial charge is 0.495 e. The second-order valence-electron chi connectivity index (χ2n) is 5.95. The van der Waals surface area contributed by atoms with E-state index in [0.29, 0.717) is 16.5 Å². The summed E-state index contributed by atoms with van der Waals surface area (Å²) in [5.41, 5.74) is 0.530. The maximum Gasteiger partial charge on any atom is 0.241 e. The van der Waals surface area contributed by atoms with Gasteiger partial charge in [-0.15, -0.1) is 0 Å². The van der Waals surface area contributed by atoms with Crippen molar-refractivity contribution in [2.45, 2.75) is 13.0 Å². The van der Waals surface area contributed by atoms with Crippen molar-refractivity contribution in [2.24, 2.45) is 0 Å². The summed E-state index contributed by atoms with van der Waals surface area (Å²) in [5.74, 6) is -0.813. The molecule has 6 nitrogen and oxygen atoms in total. The molecule has 2 N–H and O–H groups in total. The summed E-state index contributed by atoms with van der Waals surface area (Å²) in [6.07, 6.45) is 0. The van der Waals surface area contributed by atoms with Crippen LogP contribution in [0.1, 0.15) is 6.92 Å². The molecular formula is C19H21ClFN3O3. The summed E-state index contributed by atoms with van der Waals surface area (Å²) >= 11 is 5.94. The van der Waals surface area contributed by atoms with Gasteiger partial charge in [-0.25, -0.2) is 4.39 Å². The van der Waals surface area contributed by atoms with Crippen LogP contribution >= 0.6 is 11.6 Å². The molecule has 1 atom stereocenters. The highest BCUT2D eigenvalue weighted by atomic mass is 35.5. The van der Waals surface area contributed by atoms with Gasteiger partial charge in [-0.1, -0.05) is 23.7 Å². The number of para-hydroxylation sites is 1. The molecule has 0 radical (unpaired) electrons. The second-order valence-corrected chi connectivity index (χ2v) is 6.39. The Bertz CT molecular complexity index is 832. The lowest BCUT2D eigenvalue weighted by atomic mass is 10.2. The normalized spacial score (nSPS) is 11.8. The fourth-order valence-electron chi connectivity index (χ4n) is 2.33. The quantitative estimate of drug-likeness (QED) is 0.756. The Morgan fingerprint density at radius 2 is 1.89 bits per heavy atom. The molecule has 0 fully saturated rings. The summed E-state index contributed by atoms with van der Waals surface area (Å²) in [5, 5.41) is 5.67. The van der Waals surface area contributed by atoms with E-state index in [1.54, 1.807) is 43.1 Å². The smallest absolute Gasteiger partial charge is 0.241 e. The van der Waals surface area contributed by atoms with Gasteiger partial charge in [0, 0.05) is 5.02 Å². The van der Waals surface area contributed by atoms with E-state index in [9.17, 15) is 14.0 Å². The van der Waals surface area contributed by atoms with Gasteiger partial charge in [-0.2, -0.15) is 0 Å². The van der Waals surface area contributed by atoms with Gasteiger partial charge in [0.25, 0.3) is 0 Å². The second kappa shape index (κ2) is 9.34. The van der Waals surface area contributed by atoms with Crippen LogP contribution in [0.25, 0.3) is 0 Å². The van der Waals surface area contributed by atoms with E-state index in [0.717, 1.165) is 0 Å². The molecule has 0 aliphatic carbocycles. The summed E-state index contributed by atoms with van der Waals surface area (Å²) < 4.78 is 18.8. The Hall–Kier alpha value is -2.64. The van der Waals surface area contributed by atoms with Gasteiger partial charge in [0.05, 0.1) is 31.1 Å². The Morgan fingerprint density at radius 3 is 2.56 bits per heavy atom. The van der Waals surface area contributed by atoms with E-state index in [1.807, 2.05) is 0 Å². The Balaban J connectivity index is 1.96. The van der Waals surface area contributed by atoms with E-state index in [2.05, 4.69) is 10.6 Å². The number of rotatable bonds is 7. The van der Waals surface area contributed by atoms with Crippen molar-refractivity contribution in [1.29, 1.82) is 0 Å². The first-order valence-corrected chi connectivity index (χ1v) is 8.58. The number of ether oxygens (including phenoxy) is 1. The summed E-state index contributed by atoms with van der Waals surface area (Å²) in [6, 6.07) is 10.1. The van der Waals surface area contributed by atoms with Crippen molar-refractivity contribution in [3.8, 4) is 5.75 Å². The van der Waals surface area contributed by atoms with E-state index in [-0.39, 0.29) is 18.1 Å². The zero-order valence-corrected chi connectivity index (χ0v) is 16.0. The average molecular weight is 394 g/mol. The number of nitrogens with zero attached hydrogens (tertiary/aromatic N) is 1. The molecule has 0 aliphatic heterocycles. The lowest BCUT2D eigenvalue weighted by Crippen LogP contribution is -2.43. The van der Waals surface area contributed by atoms with E-state index in [4.69, 9.17) is 16.3 Å². The van der Waals surface area contributed by atoms with Gasteiger partial charge in [0.1, 0.15) is 11.6 Å². The Labute approximate surface area is 162 Å². The average Bonchev–Trinajstić information content (AvgIpc) is 2.63. The SMILES string of the molecule is COc1ccc(Cl)cc1NC(=O)CN(C)[C@@H](C)C(=O)Nc1ccccc1F. The number of halogens is 2. The molecule has 2 aromatic carbocycles. The summed E-state index contributed by atoms with van der Waals surface area (Å²) in [7, 11) is 3.11. The van der Waals surface area contributed by atoms with Crippen molar-refractivity contribution in [3.05, 3.63) is 53.3 Å². The van der Waals surface area contributed by atoms with Crippen molar-refractivity contribution >= 4 is 34.8 Å². The summed E-state index contributed by atoms with van der Waals surface area (Å²) in [4.78, 5) is 26.1. The third-order valence-electron chi connectivity index (χ3n) is 4.00. The summed E-state index contributed by atoms with van der Waals surface area (Å²) in [6.45, 7) is 1.57. The van der Waals surface area contributed by atoms with Crippen LogP contribution in [-0.4, -0.2) is 43.5 Å². The standard InChI is InChI=1S/C19H21ClFN3O3/c1-12(19(26)23-15-7-5-4-6-14(15)21)24(2)11-18(25)22-16-10-13(20)8-9-17(16)27-3/h4-10,12H,11H2,1-3H3,(H,22,25)(H,23,26)/t12-/m0/s1. The highest BCUT2D eigenvalue weighted by Crippen LogP contribution is 2.27. The van der Waals surface area contributed by atoms with E-state index >= 15 is 0 Å². The van der Waals surface area contributed by atoms with Gasteiger partial charge in [-0.3, -0.25) is 14.5 Å². The molecule has 2 rings (SSSR count). The number of amides is 2. The number of benzene rings is 2. The highest BCUT2D eigenvalue weighted by molar-refractivity contribution is 6.31. The number of hydrogen-bond acceptors (Lipinski definition) is 4. The van der Waals surface area contributed by atoms with E-state index in [1.165, 1.54) is 25.3 Å². The number of carbonyl (C=O) groups is 2. The molecule has 8 heteroatoms. The molecule has 0 saturated heterocycles. The van der Waals surface area contributed by atoms with Crippen LogP contribution in [0.5, 0.6) is 5.75 Å². The molecule has 144 valence electrons. The van der Waals surface area contributed by atoms with Crippen LogP contribution in [-0.2, 0) is 9.59 Å². The number of methoxy groups -OCH3 is 1. The molecule has 27 heavy (non-hydrogen) atoms. The predicted molar refractivity (Wildman–Crippen MR) is 104 cm³/mol. The zero-order chi connectivity index (χ0) is 20.0. The number of carbonyl (C=O) groups excluding carboxylic acids is 2. The molecule has 0 saturated carbocycles. The molecular weight excluding hydrogens is 373 g/mol. The fraction of sp³-hybridized carbons (Fsp3) is 0.263. The van der Waals surface area contributed by atoms with Gasteiger partial charge < -0.3 is 15.4 Å². The first-order chi connectivity index (χ1) is 12.8. The fourth-order valence-corrected chi connectivity index (χ4v) is 2.50. The monoisotopic (exact) mass is 393 g/mol. The molecule has 0 spiro atoms. The minimum absolute atomic E-state index is 0.0540. The minimum Gasteiger partial charge on any atom is -0.495 e. The lowest BCUT2D eigenvalue weighted by Gasteiger charge is -2.23. The topological polar surface area (TPSA) is 70.7 Å². The van der Waals surface area contributed by atoms with Crippen LogP contribution in [0.15, 0.2) is 42.5 Å². The highest BCUT2D eigenvalue weighted by Gasteiger charge is 2.21. The van der Waals surface area contributed by atoms with Gasteiger partial charge in [0.15, 0.2) is 0 Å². The molecule has 0 bridgehead atoms. The number of nitrogens with one attached hydrogen (secondary N) is 2.